The van der Waals surface area contributed by atoms with Crippen LogP contribution in [0, 0.1) is 17.5 Å². The van der Waals surface area contributed by atoms with E-state index in [2.05, 4.69) is 5.32 Å². The van der Waals surface area contributed by atoms with Gasteiger partial charge in [0.1, 0.15) is 5.82 Å². The molecule has 1 aromatic carbocycles. The molecule has 0 saturated heterocycles. The minimum absolute atomic E-state index is 0.187. The van der Waals surface area contributed by atoms with Gasteiger partial charge in [-0.3, -0.25) is 4.79 Å². The van der Waals surface area contributed by atoms with Crippen molar-refractivity contribution >= 4 is 11.7 Å². The first-order chi connectivity index (χ1) is 9.54. The quantitative estimate of drug-likeness (QED) is 0.451. The van der Waals surface area contributed by atoms with Crippen molar-refractivity contribution in [1.29, 1.82) is 0 Å². The smallest absolute Gasteiger partial charge is 0.305 e. The Kier molecular flexibility index (Phi) is 6.90. The Morgan fingerprint density at radius 3 is 2.65 bits per heavy atom. The number of carbonyl (C=O) groups is 1. The van der Waals surface area contributed by atoms with E-state index in [1.807, 2.05) is 0 Å². The first-order valence-electron chi connectivity index (χ1n) is 6.58. The van der Waals surface area contributed by atoms with Gasteiger partial charge in [0.15, 0.2) is 11.6 Å². The standard InChI is InChI=1S/C14H18F3NO2/c1-2-20-13(19)6-4-3-5-7-18-12-9-10(15)8-11(16)14(12)17/h8-9,18H,2-7H2,1H3. The third kappa shape index (κ3) is 5.50. The van der Waals surface area contributed by atoms with Crippen LogP contribution in [0.1, 0.15) is 32.6 Å². The highest BCUT2D eigenvalue weighted by molar-refractivity contribution is 5.69. The fraction of sp³-hybridized carbons (Fsp3) is 0.500. The molecule has 112 valence electrons. The van der Waals surface area contributed by atoms with Gasteiger partial charge < -0.3 is 10.1 Å². The van der Waals surface area contributed by atoms with Gasteiger partial charge in [-0.25, -0.2) is 13.2 Å². The molecule has 0 atom stereocenters. The van der Waals surface area contributed by atoms with Crippen LogP contribution in [-0.4, -0.2) is 19.1 Å². The van der Waals surface area contributed by atoms with E-state index in [1.165, 1.54) is 0 Å². The Hall–Kier alpha value is -1.72. The number of carbonyl (C=O) groups excluding carboxylic acids is 1. The number of anilines is 1. The molecule has 1 aromatic rings. The summed E-state index contributed by atoms with van der Waals surface area (Å²) in [5.41, 5.74) is -0.187. The van der Waals surface area contributed by atoms with Gasteiger partial charge in [-0.2, -0.15) is 0 Å². The lowest BCUT2D eigenvalue weighted by Gasteiger charge is -2.08. The summed E-state index contributed by atoms with van der Waals surface area (Å²) in [5.74, 6) is -3.36. The highest BCUT2D eigenvalue weighted by Crippen LogP contribution is 2.19. The second-order valence-electron chi connectivity index (χ2n) is 4.29. The first-order valence-corrected chi connectivity index (χ1v) is 6.58. The van der Waals surface area contributed by atoms with E-state index in [9.17, 15) is 18.0 Å². The molecule has 0 aliphatic rings. The lowest BCUT2D eigenvalue weighted by atomic mass is 10.2. The second-order valence-corrected chi connectivity index (χ2v) is 4.29. The third-order valence-corrected chi connectivity index (χ3v) is 2.67. The molecule has 0 amide bonds. The summed E-state index contributed by atoms with van der Waals surface area (Å²) in [6.45, 7) is 2.49. The maximum Gasteiger partial charge on any atom is 0.305 e. The molecule has 0 radical (unpaired) electrons. The zero-order valence-electron chi connectivity index (χ0n) is 11.3. The maximum atomic E-state index is 13.3. The van der Waals surface area contributed by atoms with Gasteiger partial charge in [-0.15, -0.1) is 0 Å². The summed E-state index contributed by atoms with van der Waals surface area (Å²) < 4.78 is 43.9. The second kappa shape index (κ2) is 8.45. The topological polar surface area (TPSA) is 38.3 Å². The van der Waals surface area contributed by atoms with E-state index in [1.54, 1.807) is 6.92 Å². The number of unbranched alkanes of at least 4 members (excludes halogenated alkanes) is 2. The molecular formula is C14H18F3NO2. The van der Waals surface area contributed by atoms with E-state index in [-0.39, 0.29) is 11.7 Å². The van der Waals surface area contributed by atoms with Crippen molar-refractivity contribution in [2.45, 2.75) is 32.6 Å². The predicted molar refractivity (Wildman–Crippen MR) is 69.9 cm³/mol. The molecule has 0 aliphatic carbocycles. The molecule has 0 fully saturated rings. The summed E-state index contributed by atoms with van der Waals surface area (Å²) in [6.07, 6.45) is 2.42. The number of benzene rings is 1. The molecule has 0 unspecified atom stereocenters. The van der Waals surface area contributed by atoms with Gasteiger partial charge in [0.05, 0.1) is 12.3 Å². The fourth-order valence-corrected chi connectivity index (χ4v) is 1.71. The van der Waals surface area contributed by atoms with Crippen molar-refractivity contribution in [3.8, 4) is 0 Å². The van der Waals surface area contributed by atoms with E-state index in [4.69, 9.17) is 4.74 Å². The largest absolute Gasteiger partial charge is 0.466 e. The molecule has 0 saturated carbocycles. The zero-order valence-corrected chi connectivity index (χ0v) is 11.3. The van der Waals surface area contributed by atoms with Crippen LogP contribution in [0.3, 0.4) is 0 Å². The van der Waals surface area contributed by atoms with E-state index in [0.717, 1.165) is 12.5 Å². The van der Waals surface area contributed by atoms with Crippen molar-refractivity contribution in [2.75, 3.05) is 18.5 Å². The number of hydrogen-bond donors (Lipinski definition) is 1. The maximum absolute atomic E-state index is 13.3. The molecule has 0 heterocycles. The van der Waals surface area contributed by atoms with Crippen molar-refractivity contribution in [3.63, 3.8) is 0 Å². The van der Waals surface area contributed by atoms with Gasteiger partial charge >= 0.3 is 5.97 Å². The van der Waals surface area contributed by atoms with Crippen molar-refractivity contribution < 1.29 is 22.7 Å². The van der Waals surface area contributed by atoms with Crippen molar-refractivity contribution in [3.05, 3.63) is 29.6 Å². The molecular weight excluding hydrogens is 271 g/mol. The van der Waals surface area contributed by atoms with Crippen LogP contribution in [-0.2, 0) is 9.53 Å². The lowest BCUT2D eigenvalue weighted by Crippen LogP contribution is -2.06. The molecule has 1 N–H and O–H groups in total. The van der Waals surface area contributed by atoms with E-state index >= 15 is 0 Å². The Morgan fingerprint density at radius 2 is 1.95 bits per heavy atom. The van der Waals surface area contributed by atoms with Gasteiger partial charge in [0, 0.05) is 25.1 Å². The average Bonchev–Trinajstić information content (AvgIpc) is 2.39. The molecule has 0 aliphatic heterocycles. The van der Waals surface area contributed by atoms with Gasteiger partial charge in [0.25, 0.3) is 0 Å². The monoisotopic (exact) mass is 289 g/mol. The zero-order chi connectivity index (χ0) is 15.0. The van der Waals surface area contributed by atoms with E-state index in [0.29, 0.717) is 38.5 Å². The average molecular weight is 289 g/mol. The number of esters is 1. The SMILES string of the molecule is CCOC(=O)CCCCCNc1cc(F)cc(F)c1F. The first kappa shape index (κ1) is 16.3. The van der Waals surface area contributed by atoms with Crippen LogP contribution in [0.25, 0.3) is 0 Å². The summed E-state index contributed by atoms with van der Waals surface area (Å²) in [6, 6.07) is 1.41. The fourth-order valence-electron chi connectivity index (χ4n) is 1.71. The minimum atomic E-state index is -1.21. The van der Waals surface area contributed by atoms with Crippen LogP contribution < -0.4 is 5.32 Å². The highest BCUT2D eigenvalue weighted by Gasteiger charge is 2.10. The normalized spacial score (nSPS) is 10.4. The number of nitrogens with one attached hydrogen (secondary N) is 1. The van der Waals surface area contributed by atoms with E-state index < -0.39 is 17.5 Å². The number of hydrogen-bond acceptors (Lipinski definition) is 3. The summed E-state index contributed by atoms with van der Waals surface area (Å²) in [5, 5.41) is 2.64. The van der Waals surface area contributed by atoms with Crippen molar-refractivity contribution in [1.82, 2.24) is 0 Å². The Morgan fingerprint density at radius 1 is 1.20 bits per heavy atom. The molecule has 3 nitrogen and oxygen atoms in total. The van der Waals surface area contributed by atoms with Crippen LogP contribution in [0.4, 0.5) is 18.9 Å². The summed E-state index contributed by atoms with van der Waals surface area (Å²) >= 11 is 0. The molecule has 1 rings (SSSR count). The number of ether oxygens (including phenoxy) is 1. The Labute approximate surface area is 116 Å². The molecule has 0 spiro atoms. The van der Waals surface area contributed by atoms with Crippen LogP contribution in [0.5, 0.6) is 0 Å². The molecule has 0 bridgehead atoms. The Balaban J connectivity index is 2.23. The lowest BCUT2D eigenvalue weighted by molar-refractivity contribution is -0.143. The summed E-state index contributed by atoms with van der Waals surface area (Å²) in [4.78, 5) is 11.0. The van der Waals surface area contributed by atoms with Gasteiger partial charge in [-0.05, 0) is 19.8 Å². The molecule has 20 heavy (non-hydrogen) atoms. The number of rotatable bonds is 8. The third-order valence-electron chi connectivity index (χ3n) is 2.67. The van der Waals surface area contributed by atoms with Crippen molar-refractivity contribution in [2.24, 2.45) is 0 Å². The van der Waals surface area contributed by atoms with Crippen LogP contribution in [0.15, 0.2) is 12.1 Å². The molecule has 6 heteroatoms. The van der Waals surface area contributed by atoms with Crippen LogP contribution in [0.2, 0.25) is 0 Å². The van der Waals surface area contributed by atoms with Crippen LogP contribution >= 0.6 is 0 Å². The van der Waals surface area contributed by atoms with Gasteiger partial charge in [0.2, 0.25) is 0 Å². The molecule has 0 aromatic heterocycles. The van der Waals surface area contributed by atoms with Gasteiger partial charge in [-0.1, -0.05) is 6.42 Å². The number of halogens is 3. The minimum Gasteiger partial charge on any atom is -0.466 e. The predicted octanol–water partition coefficient (Wildman–Crippen LogP) is 3.64. The Bertz CT molecular complexity index is 452. The highest BCUT2D eigenvalue weighted by atomic mass is 19.2. The summed E-state index contributed by atoms with van der Waals surface area (Å²) in [7, 11) is 0.